The average Bonchev–Trinajstić information content (AvgIpc) is 2.67. The number of aryl methyl sites for hydroxylation is 1. The van der Waals surface area contributed by atoms with Gasteiger partial charge in [0.2, 0.25) is 15.9 Å². The van der Waals surface area contributed by atoms with Crippen LogP contribution in [0.3, 0.4) is 0 Å². The molecule has 0 aliphatic carbocycles. The van der Waals surface area contributed by atoms with Crippen molar-refractivity contribution in [2.45, 2.75) is 51.0 Å². The molecule has 1 saturated heterocycles. The van der Waals surface area contributed by atoms with Crippen LogP contribution in [0.1, 0.15) is 38.7 Å². The number of hydrogen-bond acceptors (Lipinski definition) is 5. The lowest BCUT2D eigenvalue weighted by molar-refractivity contribution is -0.126. The number of carbonyl (C=O) groups excluding carboxylic acids is 1. The number of ether oxygens (including phenoxy) is 2. The molecule has 8 heteroatoms. The second kappa shape index (κ2) is 10.2. The molecule has 28 heavy (non-hydrogen) atoms. The van der Waals surface area contributed by atoms with Gasteiger partial charge in [0.15, 0.2) is 0 Å². The van der Waals surface area contributed by atoms with Crippen molar-refractivity contribution in [3.05, 3.63) is 23.8 Å². The molecule has 1 amide bonds. The molecule has 1 aliphatic heterocycles. The van der Waals surface area contributed by atoms with E-state index < -0.39 is 10.0 Å². The molecule has 1 heterocycles. The first-order valence-corrected chi connectivity index (χ1v) is 11.2. The Balaban J connectivity index is 2.00. The zero-order valence-corrected chi connectivity index (χ0v) is 18.0. The number of nitrogens with one attached hydrogen (secondary N) is 1. The number of hydrogen-bond donors (Lipinski definition) is 1. The Labute approximate surface area is 168 Å². The molecule has 0 saturated carbocycles. The molecule has 1 N–H and O–H groups in total. The van der Waals surface area contributed by atoms with Crippen molar-refractivity contribution in [3.8, 4) is 5.75 Å². The number of amides is 1. The van der Waals surface area contributed by atoms with Gasteiger partial charge in [-0.05, 0) is 57.7 Å². The first kappa shape index (κ1) is 22.6. The van der Waals surface area contributed by atoms with Gasteiger partial charge in [-0.25, -0.2) is 8.42 Å². The quantitative estimate of drug-likeness (QED) is 0.629. The summed E-state index contributed by atoms with van der Waals surface area (Å²) in [7, 11) is -2.27. The number of piperidine rings is 1. The van der Waals surface area contributed by atoms with E-state index in [0.29, 0.717) is 38.3 Å². The number of rotatable bonds is 9. The summed E-state index contributed by atoms with van der Waals surface area (Å²) in [6.07, 6.45) is 2.25. The van der Waals surface area contributed by atoms with E-state index in [1.165, 1.54) is 11.4 Å². The summed E-state index contributed by atoms with van der Waals surface area (Å²) in [5, 5.41) is 2.90. The number of nitrogens with zero attached hydrogens (tertiary/aromatic N) is 1. The van der Waals surface area contributed by atoms with Crippen LogP contribution in [0, 0.1) is 12.8 Å². The van der Waals surface area contributed by atoms with E-state index in [0.717, 1.165) is 12.0 Å². The van der Waals surface area contributed by atoms with Crippen LogP contribution in [-0.4, -0.2) is 58.1 Å². The zero-order chi connectivity index (χ0) is 20.7. The van der Waals surface area contributed by atoms with Crippen LogP contribution in [0.5, 0.6) is 5.75 Å². The van der Waals surface area contributed by atoms with Crippen LogP contribution >= 0.6 is 0 Å². The van der Waals surface area contributed by atoms with Crippen LogP contribution in [0.25, 0.3) is 0 Å². The van der Waals surface area contributed by atoms with Gasteiger partial charge in [0.25, 0.3) is 0 Å². The predicted octanol–water partition coefficient (Wildman–Crippen LogP) is 2.34. The second-order valence-electron chi connectivity index (χ2n) is 7.42. The minimum atomic E-state index is -3.72. The van der Waals surface area contributed by atoms with E-state index in [4.69, 9.17) is 9.47 Å². The summed E-state index contributed by atoms with van der Waals surface area (Å²) in [4.78, 5) is 12.6. The minimum absolute atomic E-state index is 0.0966. The van der Waals surface area contributed by atoms with Gasteiger partial charge in [-0.3, -0.25) is 4.79 Å². The molecule has 1 fully saturated rings. The average molecular weight is 413 g/mol. The molecule has 0 spiro atoms. The monoisotopic (exact) mass is 412 g/mol. The Morgan fingerprint density at radius 1 is 1.36 bits per heavy atom. The van der Waals surface area contributed by atoms with Gasteiger partial charge < -0.3 is 14.8 Å². The van der Waals surface area contributed by atoms with Crippen molar-refractivity contribution < 1.29 is 22.7 Å². The van der Waals surface area contributed by atoms with E-state index in [1.807, 2.05) is 26.8 Å². The van der Waals surface area contributed by atoms with E-state index in [9.17, 15) is 13.2 Å². The normalized spacial score (nSPS) is 18.2. The third-order valence-electron chi connectivity index (χ3n) is 4.76. The molecule has 1 aromatic rings. The molecule has 2 rings (SSSR count). The van der Waals surface area contributed by atoms with Crippen molar-refractivity contribution >= 4 is 15.9 Å². The minimum Gasteiger partial charge on any atom is -0.495 e. The van der Waals surface area contributed by atoms with Crippen molar-refractivity contribution in [3.63, 3.8) is 0 Å². The maximum absolute atomic E-state index is 13.1. The molecule has 0 radical (unpaired) electrons. The Bertz CT molecular complexity index is 764. The summed E-state index contributed by atoms with van der Waals surface area (Å²) in [6.45, 7) is 7.50. The maximum atomic E-state index is 13.1. The molecule has 1 aromatic carbocycles. The van der Waals surface area contributed by atoms with Crippen LogP contribution in [0.4, 0.5) is 0 Å². The van der Waals surface area contributed by atoms with E-state index in [1.54, 1.807) is 12.1 Å². The largest absolute Gasteiger partial charge is 0.495 e. The topological polar surface area (TPSA) is 84.9 Å². The fraction of sp³-hybridized carbons (Fsp3) is 0.650. The molecule has 0 aromatic heterocycles. The first-order chi connectivity index (χ1) is 13.3. The predicted molar refractivity (Wildman–Crippen MR) is 108 cm³/mol. The van der Waals surface area contributed by atoms with Gasteiger partial charge in [0, 0.05) is 26.2 Å². The molecule has 1 atom stereocenters. The fourth-order valence-corrected chi connectivity index (χ4v) is 5.01. The van der Waals surface area contributed by atoms with Crippen molar-refractivity contribution in [2.75, 3.05) is 33.4 Å². The molecular weight excluding hydrogens is 380 g/mol. The highest BCUT2D eigenvalue weighted by molar-refractivity contribution is 7.89. The van der Waals surface area contributed by atoms with Crippen LogP contribution in [0.2, 0.25) is 0 Å². The van der Waals surface area contributed by atoms with Crippen LogP contribution in [0.15, 0.2) is 23.1 Å². The second-order valence-corrected chi connectivity index (χ2v) is 9.33. The molecular formula is C20H32N2O5S. The molecule has 1 aliphatic rings. The summed E-state index contributed by atoms with van der Waals surface area (Å²) in [5.41, 5.74) is 0.842. The standard InChI is InChI=1S/C20H32N2O5S/c1-15(2)27-12-6-10-21-20(23)17-7-5-11-22(14-17)28(24,25)19-13-16(3)8-9-18(19)26-4/h8-9,13,15,17H,5-7,10-12,14H2,1-4H3,(H,21,23)/t17-/m1/s1. The zero-order valence-electron chi connectivity index (χ0n) is 17.2. The highest BCUT2D eigenvalue weighted by Crippen LogP contribution is 2.30. The Morgan fingerprint density at radius 3 is 2.79 bits per heavy atom. The van der Waals surface area contributed by atoms with Gasteiger partial charge >= 0.3 is 0 Å². The summed E-state index contributed by atoms with van der Waals surface area (Å²) in [6, 6.07) is 5.09. The van der Waals surface area contributed by atoms with Gasteiger partial charge in [-0.2, -0.15) is 4.31 Å². The Kier molecular flexibility index (Phi) is 8.27. The SMILES string of the molecule is COc1ccc(C)cc1S(=O)(=O)N1CCC[C@@H](C(=O)NCCCOC(C)C)C1. The van der Waals surface area contributed by atoms with Gasteiger partial charge in [-0.15, -0.1) is 0 Å². The van der Waals surface area contributed by atoms with Gasteiger partial charge in [-0.1, -0.05) is 6.07 Å². The molecule has 0 unspecified atom stereocenters. The van der Waals surface area contributed by atoms with E-state index >= 15 is 0 Å². The fourth-order valence-electron chi connectivity index (χ4n) is 3.25. The van der Waals surface area contributed by atoms with Crippen molar-refractivity contribution in [2.24, 2.45) is 5.92 Å². The Hall–Kier alpha value is -1.64. The first-order valence-electron chi connectivity index (χ1n) is 9.79. The number of carbonyl (C=O) groups is 1. The van der Waals surface area contributed by atoms with Gasteiger partial charge in [0.1, 0.15) is 10.6 Å². The third kappa shape index (κ3) is 5.93. The summed E-state index contributed by atoms with van der Waals surface area (Å²) >= 11 is 0. The van der Waals surface area contributed by atoms with E-state index in [-0.39, 0.29) is 29.4 Å². The lowest BCUT2D eigenvalue weighted by Crippen LogP contribution is -2.45. The highest BCUT2D eigenvalue weighted by atomic mass is 32.2. The molecule has 158 valence electrons. The third-order valence-corrected chi connectivity index (χ3v) is 6.65. The Morgan fingerprint density at radius 2 is 2.11 bits per heavy atom. The smallest absolute Gasteiger partial charge is 0.246 e. The molecule has 7 nitrogen and oxygen atoms in total. The lowest BCUT2D eigenvalue weighted by Gasteiger charge is -2.31. The van der Waals surface area contributed by atoms with Crippen LogP contribution in [-0.2, 0) is 19.6 Å². The van der Waals surface area contributed by atoms with E-state index in [2.05, 4.69) is 5.32 Å². The summed E-state index contributed by atoms with van der Waals surface area (Å²) < 4.78 is 38.4. The van der Waals surface area contributed by atoms with Crippen molar-refractivity contribution in [1.29, 1.82) is 0 Å². The van der Waals surface area contributed by atoms with Gasteiger partial charge in [0.05, 0.1) is 19.1 Å². The summed E-state index contributed by atoms with van der Waals surface area (Å²) in [5.74, 6) is -0.117. The number of sulfonamides is 1. The number of methoxy groups -OCH3 is 1. The lowest BCUT2D eigenvalue weighted by atomic mass is 9.99. The highest BCUT2D eigenvalue weighted by Gasteiger charge is 2.34. The number of benzene rings is 1. The van der Waals surface area contributed by atoms with Crippen LogP contribution < -0.4 is 10.1 Å². The van der Waals surface area contributed by atoms with Crippen molar-refractivity contribution in [1.82, 2.24) is 9.62 Å². The molecule has 0 bridgehead atoms. The maximum Gasteiger partial charge on any atom is 0.246 e.